The average molecular weight is 370 g/mol. The number of thiazole rings is 1. The van der Waals surface area contributed by atoms with E-state index in [9.17, 15) is 4.79 Å². The van der Waals surface area contributed by atoms with Crippen molar-refractivity contribution in [2.45, 2.75) is 6.42 Å². The first-order valence-electron chi connectivity index (χ1n) is 7.93. The number of amides is 1. The summed E-state index contributed by atoms with van der Waals surface area (Å²) in [6, 6.07) is 13.9. The Morgan fingerprint density at radius 1 is 1.16 bits per heavy atom. The minimum absolute atomic E-state index is 0.105. The third-order valence-electron chi connectivity index (χ3n) is 3.76. The lowest BCUT2D eigenvalue weighted by atomic mass is 10.1. The molecule has 0 aliphatic carbocycles. The first kappa shape index (κ1) is 17.6. The van der Waals surface area contributed by atoms with Gasteiger partial charge < -0.3 is 4.90 Å². The van der Waals surface area contributed by atoms with Gasteiger partial charge in [-0.2, -0.15) is 11.8 Å². The van der Waals surface area contributed by atoms with Crippen molar-refractivity contribution in [3.63, 3.8) is 0 Å². The standard InChI is InChI=1S/C19H19N3OS2/c1-22(16(23)10-12-24-2)19-17(14-7-4-3-5-8-14)21-18(25-19)15-9-6-11-20-13-15/h3-9,11,13H,10,12H2,1-2H3. The summed E-state index contributed by atoms with van der Waals surface area (Å²) in [7, 11) is 1.83. The molecule has 0 aliphatic heterocycles. The second kappa shape index (κ2) is 8.27. The van der Waals surface area contributed by atoms with Crippen LogP contribution in [0, 0.1) is 0 Å². The second-order valence-electron chi connectivity index (χ2n) is 5.48. The molecule has 3 aromatic rings. The second-order valence-corrected chi connectivity index (χ2v) is 7.44. The Balaban J connectivity index is 2.03. The maximum atomic E-state index is 12.5. The fraction of sp³-hybridized carbons (Fsp3) is 0.211. The number of hydrogen-bond acceptors (Lipinski definition) is 5. The van der Waals surface area contributed by atoms with Crippen LogP contribution in [-0.2, 0) is 4.79 Å². The van der Waals surface area contributed by atoms with E-state index >= 15 is 0 Å². The van der Waals surface area contributed by atoms with Gasteiger partial charge in [-0.1, -0.05) is 41.7 Å². The Bertz CT molecular complexity index is 834. The zero-order valence-electron chi connectivity index (χ0n) is 14.2. The van der Waals surface area contributed by atoms with Crippen LogP contribution in [0.4, 0.5) is 5.00 Å². The fourth-order valence-electron chi connectivity index (χ4n) is 2.41. The van der Waals surface area contributed by atoms with Crippen LogP contribution in [0.5, 0.6) is 0 Å². The monoisotopic (exact) mass is 369 g/mol. The van der Waals surface area contributed by atoms with Crippen LogP contribution >= 0.6 is 23.1 Å². The smallest absolute Gasteiger partial charge is 0.228 e. The Labute approximate surface area is 155 Å². The molecule has 2 heterocycles. The van der Waals surface area contributed by atoms with Crippen LogP contribution in [0.15, 0.2) is 54.9 Å². The zero-order chi connectivity index (χ0) is 17.6. The van der Waals surface area contributed by atoms with Crippen molar-refractivity contribution in [1.29, 1.82) is 0 Å². The van der Waals surface area contributed by atoms with E-state index in [2.05, 4.69) is 4.98 Å². The molecule has 0 radical (unpaired) electrons. The fourth-order valence-corrected chi connectivity index (χ4v) is 3.84. The summed E-state index contributed by atoms with van der Waals surface area (Å²) in [5, 5.41) is 1.74. The van der Waals surface area contributed by atoms with E-state index in [1.54, 1.807) is 29.1 Å². The SMILES string of the molecule is CSCCC(=O)N(C)c1sc(-c2cccnc2)nc1-c1ccccc1. The highest BCUT2D eigenvalue weighted by Gasteiger charge is 2.21. The van der Waals surface area contributed by atoms with Gasteiger partial charge >= 0.3 is 0 Å². The largest absolute Gasteiger partial charge is 0.305 e. The molecule has 0 N–H and O–H groups in total. The van der Waals surface area contributed by atoms with Gasteiger partial charge in [0.1, 0.15) is 15.7 Å². The predicted octanol–water partition coefficient (Wildman–Crippen LogP) is 4.59. The number of pyridine rings is 1. The lowest BCUT2D eigenvalue weighted by Gasteiger charge is -2.16. The molecule has 4 nitrogen and oxygen atoms in total. The van der Waals surface area contributed by atoms with Crippen LogP contribution in [0.3, 0.4) is 0 Å². The van der Waals surface area contributed by atoms with E-state index in [0.717, 1.165) is 32.6 Å². The van der Waals surface area contributed by atoms with Gasteiger partial charge in [0.25, 0.3) is 0 Å². The molecule has 3 rings (SSSR count). The molecule has 0 unspecified atom stereocenters. The van der Waals surface area contributed by atoms with Crippen molar-refractivity contribution >= 4 is 34.0 Å². The van der Waals surface area contributed by atoms with Gasteiger partial charge in [0, 0.05) is 42.7 Å². The number of aromatic nitrogens is 2. The molecule has 0 spiro atoms. The molecule has 0 aliphatic rings. The van der Waals surface area contributed by atoms with Gasteiger partial charge in [-0.25, -0.2) is 4.98 Å². The highest BCUT2D eigenvalue weighted by atomic mass is 32.2. The highest BCUT2D eigenvalue weighted by molar-refractivity contribution is 7.98. The van der Waals surface area contributed by atoms with Crippen LogP contribution in [-0.4, -0.2) is 34.9 Å². The normalized spacial score (nSPS) is 10.6. The molecule has 0 atom stereocenters. The molecule has 1 aromatic carbocycles. The Kier molecular flexibility index (Phi) is 5.83. The van der Waals surface area contributed by atoms with E-state index in [1.165, 1.54) is 11.3 Å². The summed E-state index contributed by atoms with van der Waals surface area (Å²) in [4.78, 5) is 23.2. The highest BCUT2D eigenvalue weighted by Crippen LogP contribution is 2.39. The van der Waals surface area contributed by atoms with Crippen LogP contribution < -0.4 is 4.90 Å². The molecule has 6 heteroatoms. The average Bonchev–Trinajstić information content (AvgIpc) is 3.12. The topological polar surface area (TPSA) is 46.1 Å². The zero-order valence-corrected chi connectivity index (χ0v) is 15.8. The predicted molar refractivity (Wildman–Crippen MR) is 107 cm³/mol. The number of hydrogen-bond donors (Lipinski definition) is 0. The molecular weight excluding hydrogens is 350 g/mol. The van der Waals surface area contributed by atoms with E-state index < -0.39 is 0 Å². The molecule has 0 saturated carbocycles. The first-order chi connectivity index (χ1) is 12.2. The van der Waals surface area contributed by atoms with E-state index in [1.807, 2.05) is 55.8 Å². The minimum Gasteiger partial charge on any atom is -0.305 e. The lowest BCUT2D eigenvalue weighted by Crippen LogP contribution is -2.26. The van der Waals surface area contributed by atoms with Crippen molar-refractivity contribution < 1.29 is 4.79 Å². The molecule has 0 fully saturated rings. The van der Waals surface area contributed by atoms with Crippen molar-refractivity contribution in [1.82, 2.24) is 9.97 Å². The van der Waals surface area contributed by atoms with E-state index in [-0.39, 0.29) is 5.91 Å². The molecule has 128 valence electrons. The van der Waals surface area contributed by atoms with Crippen LogP contribution in [0.2, 0.25) is 0 Å². The van der Waals surface area contributed by atoms with E-state index in [0.29, 0.717) is 6.42 Å². The number of benzene rings is 1. The van der Waals surface area contributed by atoms with Gasteiger partial charge in [-0.15, -0.1) is 0 Å². The number of nitrogens with zero attached hydrogens (tertiary/aromatic N) is 3. The van der Waals surface area contributed by atoms with Crippen molar-refractivity contribution in [3.8, 4) is 21.8 Å². The first-order valence-corrected chi connectivity index (χ1v) is 10.1. The maximum absolute atomic E-state index is 12.5. The molecule has 2 aromatic heterocycles. The van der Waals surface area contributed by atoms with Gasteiger partial charge in [-0.3, -0.25) is 9.78 Å². The van der Waals surface area contributed by atoms with Crippen LogP contribution in [0.25, 0.3) is 21.8 Å². The Hall–Kier alpha value is -2.18. The maximum Gasteiger partial charge on any atom is 0.228 e. The Morgan fingerprint density at radius 2 is 1.92 bits per heavy atom. The van der Waals surface area contributed by atoms with Gasteiger partial charge in [0.2, 0.25) is 5.91 Å². The van der Waals surface area contributed by atoms with Gasteiger partial charge in [-0.05, 0) is 18.4 Å². The summed E-state index contributed by atoms with van der Waals surface area (Å²) in [6.07, 6.45) is 6.07. The number of anilines is 1. The molecule has 25 heavy (non-hydrogen) atoms. The summed E-state index contributed by atoms with van der Waals surface area (Å²) in [5.74, 6) is 0.922. The number of rotatable bonds is 6. The van der Waals surface area contributed by atoms with Gasteiger partial charge in [0.05, 0.1) is 0 Å². The van der Waals surface area contributed by atoms with Crippen molar-refractivity contribution in [2.75, 3.05) is 24.0 Å². The molecular formula is C19H19N3OS2. The van der Waals surface area contributed by atoms with E-state index in [4.69, 9.17) is 4.98 Å². The Morgan fingerprint density at radius 3 is 2.60 bits per heavy atom. The van der Waals surface area contributed by atoms with Crippen molar-refractivity contribution in [3.05, 3.63) is 54.9 Å². The number of thioether (sulfide) groups is 1. The number of carbonyl (C=O) groups is 1. The minimum atomic E-state index is 0.105. The summed E-state index contributed by atoms with van der Waals surface area (Å²) >= 11 is 3.20. The molecule has 0 saturated heterocycles. The van der Waals surface area contributed by atoms with Crippen LogP contribution in [0.1, 0.15) is 6.42 Å². The quantitative estimate of drug-likeness (QED) is 0.638. The molecule has 0 bridgehead atoms. The van der Waals surface area contributed by atoms with Crippen molar-refractivity contribution in [2.24, 2.45) is 0 Å². The summed E-state index contributed by atoms with van der Waals surface area (Å²) in [5.41, 5.74) is 2.80. The van der Waals surface area contributed by atoms with Gasteiger partial charge in [0.15, 0.2) is 0 Å². The third-order valence-corrected chi connectivity index (χ3v) is 5.56. The lowest BCUT2D eigenvalue weighted by molar-refractivity contribution is -0.117. The summed E-state index contributed by atoms with van der Waals surface area (Å²) < 4.78 is 0. The summed E-state index contributed by atoms with van der Waals surface area (Å²) in [6.45, 7) is 0. The molecule has 1 amide bonds. The third kappa shape index (κ3) is 4.08. The number of carbonyl (C=O) groups excluding carboxylic acids is 1.